The molecule has 1 rings (SSSR count). The first kappa shape index (κ1) is 65.6. The van der Waals surface area contributed by atoms with E-state index in [0.717, 1.165) is 19.3 Å². The first-order chi connectivity index (χ1) is 34.1. The monoisotopic (exact) mass is 973 g/mol. The van der Waals surface area contributed by atoms with Crippen molar-refractivity contribution >= 4 is 11.9 Å². The van der Waals surface area contributed by atoms with Gasteiger partial charge < -0.3 is 19.7 Å². The number of hydrogen-bond donors (Lipinski definition) is 2. The van der Waals surface area contributed by atoms with E-state index < -0.39 is 36.5 Å². The lowest BCUT2D eigenvalue weighted by Gasteiger charge is -2.27. The van der Waals surface area contributed by atoms with Gasteiger partial charge >= 0.3 is 11.9 Å². The zero-order valence-electron chi connectivity index (χ0n) is 46.4. The third-order valence-electron chi connectivity index (χ3n) is 15.5. The van der Waals surface area contributed by atoms with E-state index >= 15 is 0 Å². The van der Waals surface area contributed by atoms with E-state index in [-0.39, 0.29) is 19.6 Å². The minimum absolute atomic E-state index is 0.00375. The van der Waals surface area contributed by atoms with E-state index in [2.05, 4.69) is 19.1 Å². The fourth-order valence-electron chi connectivity index (χ4n) is 10.4. The number of aliphatic hydroxyl groups excluding tert-OH is 2. The molecule has 1 saturated heterocycles. The number of rotatable bonds is 54. The molecule has 0 bridgehead atoms. The van der Waals surface area contributed by atoms with Crippen LogP contribution in [0.5, 0.6) is 0 Å². The minimum Gasteiger partial charge on any atom is -0.465 e. The summed E-state index contributed by atoms with van der Waals surface area (Å²) < 4.78 is 10.6. The molecule has 2 N–H and O–H groups in total. The van der Waals surface area contributed by atoms with Gasteiger partial charge in [0.2, 0.25) is 0 Å². The number of hydrogen-bond acceptors (Lipinski definition) is 6. The van der Waals surface area contributed by atoms with Crippen LogP contribution in [0.25, 0.3) is 0 Å². The van der Waals surface area contributed by atoms with Gasteiger partial charge in [-0.05, 0) is 32.1 Å². The maximum atomic E-state index is 12.5. The van der Waals surface area contributed by atoms with Gasteiger partial charge in [-0.3, -0.25) is 9.59 Å². The van der Waals surface area contributed by atoms with Crippen LogP contribution in [0.3, 0.4) is 0 Å². The normalized spacial score (nSPS) is 15.4. The van der Waals surface area contributed by atoms with Crippen LogP contribution < -0.4 is 0 Å². The van der Waals surface area contributed by atoms with Crippen molar-refractivity contribution in [3.8, 4) is 0 Å². The Kier molecular flexibility index (Phi) is 50.3. The highest BCUT2D eigenvalue weighted by atomic mass is 16.6. The summed E-state index contributed by atoms with van der Waals surface area (Å²) in [7, 11) is 0. The van der Waals surface area contributed by atoms with Crippen LogP contribution in [0.15, 0.2) is 12.2 Å². The Bertz CT molecular complexity index is 1090. The molecule has 1 heterocycles. The Labute approximate surface area is 430 Å². The molecule has 6 heteroatoms. The summed E-state index contributed by atoms with van der Waals surface area (Å²) >= 11 is 0. The highest BCUT2D eigenvalue weighted by Crippen LogP contribution is 2.25. The van der Waals surface area contributed by atoms with Crippen LogP contribution in [-0.2, 0) is 19.1 Å². The molecule has 0 radical (unpaired) electrons. The van der Waals surface area contributed by atoms with Crippen molar-refractivity contribution in [3.63, 3.8) is 0 Å². The number of carbonyl (C=O) groups is 2. The van der Waals surface area contributed by atoms with E-state index in [0.29, 0.717) is 6.42 Å². The lowest BCUT2D eigenvalue weighted by molar-refractivity contribution is -0.155. The van der Waals surface area contributed by atoms with Crippen molar-refractivity contribution in [2.75, 3.05) is 26.4 Å². The van der Waals surface area contributed by atoms with E-state index in [9.17, 15) is 19.8 Å². The number of cyclic esters (lactones) is 2. The topological polar surface area (TPSA) is 93.1 Å². The van der Waals surface area contributed by atoms with E-state index in [1.54, 1.807) is 0 Å². The second kappa shape index (κ2) is 52.9. The van der Waals surface area contributed by atoms with Crippen LogP contribution in [0.1, 0.15) is 341 Å². The van der Waals surface area contributed by atoms with Crippen LogP contribution in [0.2, 0.25) is 0 Å². The number of ether oxygens (including phenoxy) is 2. The molecule has 1 aliphatic rings. The van der Waals surface area contributed by atoms with Gasteiger partial charge in [-0.15, -0.1) is 0 Å². The third-order valence-corrected chi connectivity index (χ3v) is 15.5. The van der Waals surface area contributed by atoms with Gasteiger partial charge in [0.1, 0.15) is 13.2 Å². The van der Waals surface area contributed by atoms with Gasteiger partial charge in [-0.2, -0.15) is 0 Å². The number of allylic oxidation sites excluding steroid dienone is 2. The molecule has 69 heavy (non-hydrogen) atoms. The van der Waals surface area contributed by atoms with Crippen LogP contribution in [-0.4, -0.2) is 48.6 Å². The van der Waals surface area contributed by atoms with Crippen LogP contribution >= 0.6 is 0 Å². The molecule has 6 nitrogen and oxygen atoms in total. The summed E-state index contributed by atoms with van der Waals surface area (Å²) in [5.74, 6) is -1.40. The fourth-order valence-corrected chi connectivity index (χ4v) is 10.4. The smallest absolute Gasteiger partial charge is 0.309 e. The average molecular weight is 974 g/mol. The predicted molar refractivity (Wildman–Crippen MR) is 297 cm³/mol. The minimum atomic E-state index is -1.12. The lowest BCUT2D eigenvalue weighted by atomic mass is 9.92. The average Bonchev–Trinajstić information content (AvgIpc) is 3.41. The Balaban J connectivity index is 1.69. The summed E-state index contributed by atoms with van der Waals surface area (Å²) in [4.78, 5) is 24.7. The second-order valence-electron chi connectivity index (χ2n) is 22.4. The highest BCUT2D eigenvalue weighted by Gasteiger charge is 2.36. The summed E-state index contributed by atoms with van der Waals surface area (Å²) in [6.07, 6.45) is 75.7. The van der Waals surface area contributed by atoms with Gasteiger partial charge in [0, 0.05) is 0 Å². The van der Waals surface area contributed by atoms with Crippen molar-refractivity contribution in [2.24, 2.45) is 11.3 Å². The van der Waals surface area contributed by atoms with Gasteiger partial charge in [0.05, 0.1) is 31.0 Å². The van der Waals surface area contributed by atoms with Gasteiger partial charge in [-0.25, -0.2) is 0 Å². The third kappa shape index (κ3) is 45.0. The molecule has 0 aromatic carbocycles. The van der Waals surface area contributed by atoms with Crippen molar-refractivity contribution in [3.05, 3.63) is 12.2 Å². The maximum absolute atomic E-state index is 12.5. The molecule has 0 amide bonds. The molecule has 1 aliphatic heterocycles. The summed E-state index contributed by atoms with van der Waals surface area (Å²) in [6.45, 7) is 1.21. The Hall–Kier alpha value is -1.40. The van der Waals surface area contributed by atoms with Gasteiger partial charge in [0.15, 0.2) is 0 Å². The van der Waals surface area contributed by atoms with E-state index in [4.69, 9.17) is 9.47 Å². The maximum Gasteiger partial charge on any atom is 0.309 e. The SMILES string of the molecule is CCCCCCCCCCCCCCCCCCCCCCCCCCCCCCCC/C=C/CCCCCCCCCCCCCCCCCCCCC1CC(=O)OCC(CO)(CO)COC1=O. The van der Waals surface area contributed by atoms with Gasteiger partial charge in [0.25, 0.3) is 0 Å². The quantitative estimate of drug-likeness (QED) is 0.0358. The zero-order valence-corrected chi connectivity index (χ0v) is 46.4. The first-order valence-corrected chi connectivity index (χ1v) is 31.3. The molecule has 1 fully saturated rings. The first-order valence-electron chi connectivity index (χ1n) is 31.3. The van der Waals surface area contributed by atoms with Crippen LogP contribution in [0.4, 0.5) is 0 Å². The molecule has 1 unspecified atom stereocenters. The largest absolute Gasteiger partial charge is 0.465 e. The molecular weight excluding hydrogens is 853 g/mol. The van der Waals surface area contributed by atoms with Crippen molar-refractivity contribution in [1.29, 1.82) is 0 Å². The van der Waals surface area contributed by atoms with Crippen molar-refractivity contribution in [1.82, 2.24) is 0 Å². The molecule has 1 atom stereocenters. The molecule has 0 spiro atoms. The Morgan fingerprint density at radius 1 is 0.377 bits per heavy atom. The summed E-state index contributed by atoms with van der Waals surface area (Å²) in [5, 5.41) is 19.2. The number of aliphatic hydroxyl groups is 2. The van der Waals surface area contributed by atoms with E-state index in [1.807, 2.05) is 0 Å². The Morgan fingerprint density at radius 2 is 0.623 bits per heavy atom. The van der Waals surface area contributed by atoms with Crippen molar-refractivity contribution in [2.45, 2.75) is 341 Å². The van der Waals surface area contributed by atoms with Crippen molar-refractivity contribution < 1.29 is 29.3 Å². The number of carbonyl (C=O) groups excluding carboxylic acids is 2. The Morgan fingerprint density at radius 3 is 0.899 bits per heavy atom. The zero-order chi connectivity index (χ0) is 49.7. The predicted octanol–water partition coefficient (Wildman–Crippen LogP) is 19.5. The molecule has 0 aromatic rings. The number of esters is 2. The highest BCUT2D eigenvalue weighted by molar-refractivity contribution is 5.80. The van der Waals surface area contributed by atoms with E-state index in [1.165, 1.54) is 302 Å². The molecule has 0 aliphatic carbocycles. The molecule has 0 saturated carbocycles. The lowest BCUT2D eigenvalue weighted by Crippen LogP contribution is -2.40. The molecule has 0 aromatic heterocycles. The fraction of sp³-hybridized carbons (Fsp3) is 0.937. The summed E-state index contributed by atoms with van der Waals surface area (Å²) in [5.41, 5.74) is -1.12. The number of unbranched alkanes of at least 4 members (excludes halogenated alkanes) is 48. The summed E-state index contributed by atoms with van der Waals surface area (Å²) in [6, 6.07) is 0. The molecular formula is C63H120O6. The standard InChI is InChI=1S/C63H120O6/c1-2-3-4-5-6-7-8-9-10-11-12-13-14-15-16-17-18-19-20-21-22-23-24-25-26-27-28-29-30-31-32-33-34-35-36-37-38-39-40-41-42-43-44-45-46-47-48-49-50-51-52-53-54-60-55-61(66)68-58-63(56-64,57-65)59-69-62(60)67/h33-34,60,64-65H,2-32,35-59H2,1H3/b34-33+. The van der Waals surface area contributed by atoms with Crippen LogP contribution in [0, 0.1) is 11.3 Å². The molecule has 408 valence electrons. The second-order valence-corrected chi connectivity index (χ2v) is 22.4. The van der Waals surface area contributed by atoms with Gasteiger partial charge in [-0.1, -0.05) is 314 Å².